The highest BCUT2D eigenvalue weighted by atomic mass is 16.7. The van der Waals surface area contributed by atoms with E-state index in [0.29, 0.717) is 30.0 Å². The predicted molar refractivity (Wildman–Crippen MR) is 68.6 cm³/mol. The van der Waals surface area contributed by atoms with Crippen molar-refractivity contribution in [2.75, 3.05) is 6.79 Å². The summed E-state index contributed by atoms with van der Waals surface area (Å²) in [7, 11) is 0. The first-order valence-corrected chi connectivity index (χ1v) is 6.70. The van der Waals surface area contributed by atoms with Gasteiger partial charge in [-0.3, -0.25) is 19.7 Å². The second kappa shape index (κ2) is 4.21. The average Bonchev–Trinajstić information content (AvgIpc) is 3.02. The van der Waals surface area contributed by atoms with Crippen LogP contribution in [0.3, 0.4) is 0 Å². The summed E-state index contributed by atoms with van der Waals surface area (Å²) in [4.78, 5) is 37.1. The summed E-state index contributed by atoms with van der Waals surface area (Å²) >= 11 is 0. The van der Waals surface area contributed by atoms with Gasteiger partial charge in [-0.15, -0.1) is 0 Å². The highest BCUT2D eigenvalue weighted by molar-refractivity contribution is 6.05. The van der Waals surface area contributed by atoms with E-state index >= 15 is 0 Å². The minimum atomic E-state index is -0.598. The molecule has 0 saturated carbocycles. The molecule has 3 aliphatic heterocycles. The van der Waals surface area contributed by atoms with E-state index in [2.05, 4.69) is 5.32 Å². The van der Waals surface area contributed by atoms with Crippen molar-refractivity contribution in [3.8, 4) is 11.5 Å². The molecule has 1 atom stereocenters. The van der Waals surface area contributed by atoms with Gasteiger partial charge in [0, 0.05) is 18.5 Å². The molecule has 0 aromatic heterocycles. The van der Waals surface area contributed by atoms with Gasteiger partial charge in [-0.25, -0.2) is 0 Å². The van der Waals surface area contributed by atoms with Gasteiger partial charge in [-0.1, -0.05) is 0 Å². The third kappa shape index (κ3) is 1.77. The highest BCUT2D eigenvalue weighted by Gasteiger charge is 2.40. The van der Waals surface area contributed by atoms with Crippen LogP contribution in [0.25, 0.3) is 0 Å². The largest absolute Gasteiger partial charge is 0.454 e. The second-order valence-corrected chi connectivity index (χ2v) is 5.26. The number of ether oxygens (including phenoxy) is 2. The number of imide groups is 1. The van der Waals surface area contributed by atoms with E-state index in [1.165, 1.54) is 4.90 Å². The zero-order valence-corrected chi connectivity index (χ0v) is 11.0. The number of hydrogen-bond donors (Lipinski definition) is 1. The molecule has 0 spiro atoms. The van der Waals surface area contributed by atoms with Crippen LogP contribution in [-0.2, 0) is 16.1 Å². The maximum absolute atomic E-state index is 12.5. The Kier molecular flexibility index (Phi) is 2.44. The number of rotatable bonds is 1. The number of hydrogen-bond acceptors (Lipinski definition) is 5. The summed E-state index contributed by atoms with van der Waals surface area (Å²) in [6.07, 6.45) is 0.608. The maximum Gasteiger partial charge on any atom is 0.255 e. The van der Waals surface area contributed by atoms with E-state index in [0.717, 1.165) is 5.56 Å². The third-order valence-corrected chi connectivity index (χ3v) is 4.02. The molecule has 0 radical (unpaired) electrons. The average molecular weight is 288 g/mol. The minimum absolute atomic E-state index is 0.156. The zero-order valence-electron chi connectivity index (χ0n) is 11.0. The predicted octanol–water partition coefficient (Wildman–Crippen LogP) is 0.176. The lowest BCUT2D eigenvalue weighted by atomic mass is 10.0. The number of nitrogens with zero attached hydrogens (tertiary/aromatic N) is 1. The minimum Gasteiger partial charge on any atom is -0.454 e. The molecule has 3 aliphatic rings. The van der Waals surface area contributed by atoms with Crippen molar-refractivity contribution in [3.63, 3.8) is 0 Å². The smallest absolute Gasteiger partial charge is 0.255 e. The summed E-state index contributed by atoms with van der Waals surface area (Å²) in [5, 5.41) is 2.28. The van der Waals surface area contributed by atoms with Crippen LogP contribution in [0, 0.1) is 0 Å². The molecule has 21 heavy (non-hydrogen) atoms. The Labute approximate surface area is 119 Å². The molecule has 1 N–H and O–H groups in total. The maximum atomic E-state index is 12.5. The molecule has 0 bridgehead atoms. The summed E-state index contributed by atoms with van der Waals surface area (Å²) in [6, 6.07) is 2.84. The first-order chi connectivity index (χ1) is 10.1. The number of nitrogens with one attached hydrogen (secondary N) is 1. The number of amides is 3. The number of carbonyl (C=O) groups excluding carboxylic acids is 3. The van der Waals surface area contributed by atoms with Crippen molar-refractivity contribution in [2.24, 2.45) is 0 Å². The SMILES string of the molecule is O=C1CCC(N2Cc3cc4c(cc3C2=O)OCO4)C(=O)N1. The Balaban J connectivity index is 1.64. The monoisotopic (exact) mass is 288 g/mol. The van der Waals surface area contributed by atoms with Crippen molar-refractivity contribution in [2.45, 2.75) is 25.4 Å². The van der Waals surface area contributed by atoms with Crippen molar-refractivity contribution >= 4 is 17.7 Å². The van der Waals surface area contributed by atoms with Gasteiger partial charge in [0.15, 0.2) is 11.5 Å². The fraction of sp³-hybridized carbons (Fsp3) is 0.357. The standard InChI is InChI=1S/C14H12N2O5/c17-12-2-1-9(13(18)15-12)16-5-7-3-10-11(21-6-20-10)4-8(7)14(16)19/h3-4,9H,1-2,5-6H2,(H,15,17,18). The Bertz CT molecular complexity index is 684. The summed E-state index contributed by atoms with van der Waals surface area (Å²) in [5.74, 6) is 0.255. The van der Waals surface area contributed by atoms with Crippen LogP contribution in [0.15, 0.2) is 12.1 Å². The van der Waals surface area contributed by atoms with E-state index in [9.17, 15) is 14.4 Å². The van der Waals surface area contributed by atoms with Crippen molar-refractivity contribution < 1.29 is 23.9 Å². The number of carbonyl (C=O) groups is 3. The molecule has 3 amide bonds. The van der Waals surface area contributed by atoms with E-state index in [4.69, 9.17) is 9.47 Å². The van der Waals surface area contributed by atoms with Gasteiger partial charge in [0.05, 0.1) is 0 Å². The first-order valence-electron chi connectivity index (χ1n) is 6.70. The van der Waals surface area contributed by atoms with Gasteiger partial charge in [0.25, 0.3) is 5.91 Å². The Hall–Kier alpha value is -2.57. The lowest BCUT2D eigenvalue weighted by Gasteiger charge is -2.29. The lowest BCUT2D eigenvalue weighted by molar-refractivity contribution is -0.136. The quantitative estimate of drug-likeness (QED) is 0.745. The van der Waals surface area contributed by atoms with Crippen LogP contribution >= 0.6 is 0 Å². The fourth-order valence-corrected chi connectivity index (χ4v) is 2.96. The Morgan fingerprint density at radius 1 is 1.14 bits per heavy atom. The molecule has 1 unspecified atom stereocenters. The third-order valence-electron chi connectivity index (χ3n) is 4.02. The van der Waals surface area contributed by atoms with Gasteiger partial charge in [-0.2, -0.15) is 0 Å². The normalized spacial score (nSPS) is 23.3. The molecular formula is C14H12N2O5. The van der Waals surface area contributed by atoms with Crippen molar-refractivity contribution in [1.29, 1.82) is 0 Å². The molecule has 3 heterocycles. The van der Waals surface area contributed by atoms with Crippen molar-refractivity contribution in [3.05, 3.63) is 23.3 Å². The molecule has 4 rings (SSSR count). The van der Waals surface area contributed by atoms with E-state index in [1.54, 1.807) is 12.1 Å². The molecule has 1 aromatic rings. The molecule has 1 aromatic carbocycles. The van der Waals surface area contributed by atoms with Crippen LogP contribution in [0.2, 0.25) is 0 Å². The van der Waals surface area contributed by atoms with Gasteiger partial charge in [0.1, 0.15) is 6.04 Å². The fourth-order valence-electron chi connectivity index (χ4n) is 2.96. The van der Waals surface area contributed by atoms with Crippen LogP contribution in [0.4, 0.5) is 0 Å². The molecule has 1 saturated heterocycles. The van der Waals surface area contributed by atoms with Crippen LogP contribution in [0.5, 0.6) is 11.5 Å². The van der Waals surface area contributed by atoms with Gasteiger partial charge >= 0.3 is 0 Å². The second-order valence-electron chi connectivity index (χ2n) is 5.26. The highest BCUT2D eigenvalue weighted by Crippen LogP contribution is 2.38. The molecule has 108 valence electrons. The summed E-state index contributed by atoms with van der Waals surface area (Å²) < 4.78 is 10.6. The topological polar surface area (TPSA) is 84.9 Å². The molecule has 1 fully saturated rings. The van der Waals surface area contributed by atoms with Gasteiger partial charge in [-0.05, 0) is 24.1 Å². The summed E-state index contributed by atoms with van der Waals surface area (Å²) in [5.41, 5.74) is 1.35. The van der Waals surface area contributed by atoms with Gasteiger partial charge in [0.2, 0.25) is 18.6 Å². The molecular weight excluding hydrogens is 276 g/mol. The Morgan fingerprint density at radius 3 is 2.67 bits per heavy atom. The summed E-state index contributed by atoms with van der Waals surface area (Å²) in [6.45, 7) is 0.500. The number of fused-ring (bicyclic) bond motifs is 2. The van der Waals surface area contributed by atoms with E-state index in [1.807, 2.05) is 0 Å². The number of piperidine rings is 1. The van der Waals surface area contributed by atoms with Crippen LogP contribution in [-0.4, -0.2) is 35.5 Å². The first kappa shape index (κ1) is 12.2. The van der Waals surface area contributed by atoms with E-state index in [-0.39, 0.29) is 25.0 Å². The van der Waals surface area contributed by atoms with Gasteiger partial charge < -0.3 is 14.4 Å². The van der Waals surface area contributed by atoms with E-state index < -0.39 is 11.9 Å². The zero-order chi connectivity index (χ0) is 14.6. The molecule has 7 heteroatoms. The Morgan fingerprint density at radius 2 is 1.90 bits per heavy atom. The molecule has 7 nitrogen and oxygen atoms in total. The lowest BCUT2D eigenvalue weighted by Crippen LogP contribution is -2.52. The molecule has 0 aliphatic carbocycles. The van der Waals surface area contributed by atoms with Crippen molar-refractivity contribution in [1.82, 2.24) is 10.2 Å². The van der Waals surface area contributed by atoms with Crippen LogP contribution < -0.4 is 14.8 Å². The number of benzene rings is 1. The van der Waals surface area contributed by atoms with Crippen LogP contribution in [0.1, 0.15) is 28.8 Å².